The van der Waals surface area contributed by atoms with E-state index in [-0.39, 0.29) is 11.7 Å². The summed E-state index contributed by atoms with van der Waals surface area (Å²) in [5.74, 6) is 0.324. The van der Waals surface area contributed by atoms with Gasteiger partial charge in [0.15, 0.2) is 9.84 Å². The van der Waals surface area contributed by atoms with Gasteiger partial charge >= 0.3 is 0 Å². The second-order valence-corrected chi connectivity index (χ2v) is 10.1. The summed E-state index contributed by atoms with van der Waals surface area (Å²) in [7, 11) is -3.29. The number of carbonyl (C=O) groups is 1. The van der Waals surface area contributed by atoms with E-state index in [0.29, 0.717) is 9.79 Å². The topological polar surface area (TPSA) is 57.7 Å². The van der Waals surface area contributed by atoms with E-state index in [9.17, 15) is 13.2 Å². The molecule has 1 fully saturated rings. The van der Waals surface area contributed by atoms with Gasteiger partial charge in [-0.05, 0) is 34.5 Å². The summed E-state index contributed by atoms with van der Waals surface area (Å²) in [5, 5.41) is 4.24. The molecule has 0 aliphatic carbocycles. The molecule has 2 heterocycles. The van der Waals surface area contributed by atoms with E-state index >= 15 is 0 Å². The average molecular weight is 411 g/mol. The van der Waals surface area contributed by atoms with E-state index < -0.39 is 9.84 Å². The summed E-state index contributed by atoms with van der Waals surface area (Å²) in [6.45, 7) is 4.11. The van der Waals surface area contributed by atoms with Crippen LogP contribution in [0.2, 0.25) is 0 Å². The predicted molar refractivity (Wildman–Crippen MR) is 106 cm³/mol. The number of rotatable bonds is 6. The van der Waals surface area contributed by atoms with E-state index in [1.807, 2.05) is 4.90 Å². The van der Waals surface area contributed by atoms with Crippen LogP contribution in [-0.4, -0.2) is 62.3 Å². The van der Waals surface area contributed by atoms with Gasteiger partial charge in [-0.3, -0.25) is 9.69 Å². The first-order chi connectivity index (χ1) is 12.4. The Morgan fingerprint density at radius 1 is 1.15 bits per heavy atom. The molecule has 1 saturated heterocycles. The first-order valence-electron chi connectivity index (χ1n) is 8.36. The molecule has 8 heteroatoms. The molecule has 26 heavy (non-hydrogen) atoms. The van der Waals surface area contributed by atoms with Crippen LogP contribution in [0.5, 0.6) is 0 Å². The van der Waals surface area contributed by atoms with Crippen molar-refractivity contribution < 1.29 is 13.2 Å². The van der Waals surface area contributed by atoms with Crippen LogP contribution in [0.25, 0.3) is 0 Å². The third kappa shape index (κ3) is 5.09. The second kappa shape index (κ2) is 8.56. The van der Waals surface area contributed by atoms with Gasteiger partial charge in [0.05, 0.1) is 10.6 Å². The van der Waals surface area contributed by atoms with Gasteiger partial charge in [0, 0.05) is 43.9 Å². The summed E-state index contributed by atoms with van der Waals surface area (Å²) in [6, 6.07) is 8.98. The molecule has 140 valence electrons. The lowest BCUT2D eigenvalue weighted by atomic mass is 10.2. The van der Waals surface area contributed by atoms with Crippen LogP contribution in [0.3, 0.4) is 0 Å². The molecular formula is C18H22N2O3S3. The smallest absolute Gasteiger partial charge is 0.233 e. The third-order valence-electron chi connectivity index (χ3n) is 4.31. The molecule has 0 atom stereocenters. The Labute approximate surface area is 162 Å². The van der Waals surface area contributed by atoms with Gasteiger partial charge in [0.2, 0.25) is 5.91 Å². The van der Waals surface area contributed by atoms with Crippen LogP contribution < -0.4 is 0 Å². The predicted octanol–water partition coefficient (Wildman–Crippen LogP) is 2.59. The Hall–Kier alpha value is -1.35. The molecule has 0 saturated carbocycles. The van der Waals surface area contributed by atoms with Crippen molar-refractivity contribution in [3.63, 3.8) is 0 Å². The second-order valence-electron chi connectivity index (χ2n) is 6.30. The maximum Gasteiger partial charge on any atom is 0.233 e. The van der Waals surface area contributed by atoms with Gasteiger partial charge in [-0.25, -0.2) is 8.42 Å². The van der Waals surface area contributed by atoms with Gasteiger partial charge in [-0.15, -0.1) is 11.8 Å². The SMILES string of the molecule is CS(=O)(=O)c1ccccc1SCC(=O)N1CCN(Cc2ccsc2)CC1. The van der Waals surface area contributed by atoms with Crippen molar-refractivity contribution in [3.05, 3.63) is 46.7 Å². The molecule has 1 aliphatic rings. The highest BCUT2D eigenvalue weighted by atomic mass is 32.2. The molecule has 1 amide bonds. The van der Waals surface area contributed by atoms with E-state index in [1.54, 1.807) is 35.6 Å². The number of hydrogen-bond acceptors (Lipinski definition) is 6. The molecule has 0 spiro atoms. The minimum atomic E-state index is -3.29. The Morgan fingerprint density at radius 3 is 2.54 bits per heavy atom. The number of thioether (sulfide) groups is 1. The van der Waals surface area contributed by atoms with Crippen LogP contribution in [-0.2, 0) is 21.2 Å². The first-order valence-corrected chi connectivity index (χ1v) is 12.2. The zero-order chi connectivity index (χ0) is 18.6. The monoisotopic (exact) mass is 410 g/mol. The number of amides is 1. The summed E-state index contributed by atoms with van der Waals surface area (Å²) in [4.78, 5) is 17.7. The Morgan fingerprint density at radius 2 is 1.88 bits per heavy atom. The van der Waals surface area contributed by atoms with Gasteiger partial charge in [-0.2, -0.15) is 11.3 Å². The summed E-state index contributed by atoms with van der Waals surface area (Å²) < 4.78 is 23.7. The number of piperazine rings is 1. The third-order valence-corrected chi connectivity index (χ3v) is 7.39. The normalized spacial score (nSPS) is 16.0. The molecule has 1 aromatic carbocycles. The molecule has 1 aromatic heterocycles. The molecule has 3 rings (SSSR count). The zero-order valence-corrected chi connectivity index (χ0v) is 17.1. The fraction of sp³-hybridized carbons (Fsp3) is 0.389. The number of carbonyl (C=O) groups excluding carboxylic acids is 1. The fourth-order valence-electron chi connectivity index (χ4n) is 2.90. The lowest BCUT2D eigenvalue weighted by Crippen LogP contribution is -2.48. The number of nitrogens with zero attached hydrogens (tertiary/aromatic N) is 2. The standard InChI is InChI=1S/C18H22N2O3S3/c1-26(22,23)17-5-3-2-4-16(17)25-14-18(21)20-9-7-19(8-10-20)12-15-6-11-24-13-15/h2-6,11,13H,7-10,12,14H2,1H3. The van der Waals surface area contributed by atoms with Crippen LogP contribution in [0.4, 0.5) is 0 Å². The fourth-order valence-corrected chi connectivity index (χ4v) is 5.80. The lowest BCUT2D eigenvalue weighted by molar-refractivity contribution is -0.130. The van der Waals surface area contributed by atoms with Crippen molar-refractivity contribution >= 4 is 38.8 Å². The number of thiophene rings is 1. The van der Waals surface area contributed by atoms with Crippen LogP contribution in [0.15, 0.2) is 50.9 Å². The zero-order valence-electron chi connectivity index (χ0n) is 14.6. The maximum absolute atomic E-state index is 12.5. The molecular weight excluding hydrogens is 388 g/mol. The van der Waals surface area contributed by atoms with Crippen LogP contribution in [0.1, 0.15) is 5.56 Å². The number of benzene rings is 1. The Kier molecular flexibility index (Phi) is 6.39. The molecule has 0 N–H and O–H groups in total. The number of sulfone groups is 1. The van der Waals surface area contributed by atoms with Gasteiger partial charge in [0.1, 0.15) is 0 Å². The van der Waals surface area contributed by atoms with Crippen LogP contribution >= 0.6 is 23.1 Å². The lowest BCUT2D eigenvalue weighted by Gasteiger charge is -2.34. The summed E-state index contributed by atoms with van der Waals surface area (Å²) in [6.07, 6.45) is 1.20. The summed E-state index contributed by atoms with van der Waals surface area (Å²) >= 11 is 3.00. The van der Waals surface area contributed by atoms with Gasteiger partial charge in [0.25, 0.3) is 0 Å². The van der Waals surface area contributed by atoms with Crippen molar-refractivity contribution in [3.8, 4) is 0 Å². The highest BCUT2D eigenvalue weighted by Crippen LogP contribution is 2.26. The first kappa shape index (κ1) is 19.4. The number of hydrogen-bond donors (Lipinski definition) is 0. The van der Waals surface area contributed by atoms with Crippen molar-refractivity contribution in [1.82, 2.24) is 9.80 Å². The van der Waals surface area contributed by atoms with Gasteiger partial charge in [-0.1, -0.05) is 12.1 Å². The van der Waals surface area contributed by atoms with E-state index in [1.165, 1.54) is 23.6 Å². The van der Waals surface area contributed by atoms with Gasteiger partial charge < -0.3 is 4.90 Å². The minimum absolute atomic E-state index is 0.0634. The molecule has 0 unspecified atom stereocenters. The highest BCUT2D eigenvalue weighted by molar-refractivity contribution is 8.00. The highest BCUT2D eigenvalue weighted by Gasteiger charge is 2.22. The Bertz CT molecular complexity index is 842. The van der Waals surface area contributed by atoms with Crippen molar-refractivity contribution in [1.29, 1.82) is 0 Å². The average Bonchev–Trinajstić information content (AvgIpc) is 3.13. The van der Waals surface area contributed by atoms with Crippen molar-refractivity contribution in [2.24, 2.45) is 0 Å². The Balaban J connectivity index is 1.51. The summed E-state index contributed by atoms with van der Waals surface area (Å²) in [5.41, 5.74) is 1.32. The minimum Gasteiger partial charge on any atom is -0.339 e. The molecule has 1 aliphatic heterocycles. The largest absolute Gasteiger partial charge is 0.339 e. The maximum atomic E-state index is 12.5. The molecule has 0 radical (unpaired) electrons. The van der Waals surface area contributed by atoms with Crippen molar-refractivity contribution in [2.45, 2.75) is 16.3 Å². The molecule has 2 aromatic rings. The van der Waals surface area contributed by atoms with Crippen LogP contribution in [0, 0.1) is 0 Å². The van der Waals surface area contributed by atoms with E-state index in [4.69, 9.17) is 0 Å². The molecule has 5 nitrogen and oxygen atoms in total. The molecule has 0 bridgehead atoms. The quantitative estimate of drug-likeness (QED) is 0.685. The van der Waals surface area contributed by atoms with E-state index in [2.05, 4.69) is 21.7 Å². The van der Waals surface area contributed by atoms with E-state index in [0.717, 1.165) is 32.7 Å². The van der Waals surface area contributed by atoms with Crippen molar-refractivity contribution in [2.75, 3.05) is 38.2 Å².